The lowest BCUT2D eigenvalue weighted by atomic mass is 9.87. The van der Waals surface area contributed by atoms with Gasteiger partial charge in [-0.1, -0.05) is 19.8 Å². The Labute approximate surface area is 97.5 Å². The molecule has 4 nitrogen and oxygen atoms in total. The van der Waals surface area contributed by atoms with E-state index < -0.39 is 11.7 Å². The van der Waals surface area contributed by atoms with Crippen molar-refractivity contribution in [3.05, 3.63) is 0 Å². The summed E-state index contributed by atoms with van der Waals surface area (Å²) in [5.74, 6) is 0.566. The summed E-state index contributed by atoms with van der Waals surface area (Å²) in [5.41, 5.74) is -0.557. The van der Waals surface area contributed by atoms with Crippen molar-refractivity contribution in [3.8, 4) is 0 Å². The molecule has 1 aliphatic carbocycles. The van der Waals surface area contributed by atoms with Gasteiger partial charge in [-0.05, 0) is 39.5 Å². The van der Waals surface area contributed by atoms with Gasteiger partial charge in [-0.2, -0.15) is 5.06 Å². The van der Waals surface area contributed by atoms with Crippen LogP contribution in [0.15, 0.2) is 0 Å². The number of amides is 1. The van der Waals surface area contributed by atoms with Crippen LogP contribution in [0.4, 0.5) is 4.79 Å². The van der Waals surface area contributed by atoms with Crippen LogP contribution < -0.4 is 0 Å². The second-order valence-electron chi connectivity index (χ2n) is 5.75. The molecule has 0 bridgehead atoms. The minimum atomic E-state index is -0.633. The summed E-state index contributed by atoms with van der Waals surface area (Å²) < 4.78 is 5.12. The van der Waals surface area contributed by atoms with Crippen molar-refractivity contribution in [3.63, 3.8) is 0 Å². The molecule has 1 fully saturated rings. The van der Waals surface area contributed by atoms with Crippen LogP contribution in [0.3, 0.4) is 0 Å². The van der Waals surface area contributed by atoms with E-state index in [1.807, 2.05) is 0 Å². The third-order valence-electron chi connectivity index (χ3n) is 2.84. The summed E-state index contributed by atoms with van der Waals surface area (Å²) in [6, 6.07) is -0.0846. The van der Waals surface area contributed by atoms with Crippen LogP contribution in [0.2, 0.25) is 0 Å². The lowest BCUT2D eigenvalue weighted by Gasteiger charge is -2.33. The molecule has 1 rings (SSSR count). The maximum Gasteiger partial charge on any atom is 0.434 e. The Bertz CT molecular complexity index is 247. The summed E-state index contributed by atoms with van der Waals surface area (Å²) in [4.78, 5) is 11.6. The van der Waals surface area contributed by atoms with Crippen molar-refractivity contribution < 1.29 is 14.7 Å². The van der Waals surface area contributed by atoms with Gasteiger partial charge in [0.05, 0.1) is 6.04 Å². The molecular formula is C12H23NO3. The van der Waals surface area contributed by atoms with Gasteiger partial charge < -0.3 is 4.74 Å². The van der Waals surface area contributed by atoms with Crippen molar-refractivity contribution >= 4 is 6.09 Å². The van der Waals surface area contributed by atoms with E-state index >= 15 is 0 Å². The van der Waals surface area contributed by atoms with Crippen LogP contribution in [-0.4, -0.2) is 28.0 Å². The Morgan fingerprint density at radius 3 is 2.50 bits per heavy atom. The van der Waals surface area contributed by atoms with Gasteiger partial charge in [0, 0.05) is 0 Å². The molecule has 4 heteroatoms. The first-order chi connectivity index (χ1) is 7.29. The molecule has 0 aromatic rings. The van der Waals surface area contributed by atoms with Gasteiger partial charge in [-0.15, -0.1) is 0 Å². The van der Waals surface area contributed by atoms with Crippen molar-refractivity contribution in [2.24, 2.45) is 5.92 Å². The zero-order chi connectivity index (χ0) is 12.3. The van der Waals surface area contributed by atoms with E-state index in [0.717, 1.165) is 24.3 Å². The molecule has 94 valence electrons. The maximum absolute atomic E-state index is 11.6. The van der Waals surface area contributed by atoms with Gasteiger partial charge in [0.1, 0.15) is 5.60 Å². The Balaban J connectivity index is 2.49. The van der Waals surface area contributed by atoms with E-state index in [1.54, 1.807) is 20.8 Å². The zero-order valence-electron chi connectivity index (χ0n) is 10.7. The second-order valence-corrected chi connectivity index (χ2v) is 5.75. The molecule has 0 heterocycles. The Hall–Kier alpha value is -0.770. The highest BCUT2D eigenvalue weighted by Crippen LogP contribution is 2.27. The van der Waals surface area contributed by atoms with E-state index in [-0.39, 0.29) is 6.04 Å². The summed E-state index contributed by atoms with van der Waals surface area (Å²) in [5, 5.41) is 10.6. The predicted octanol–water partition coefficient (Wildman–Crippen LogP) is 3.19. The monoisotopic (exact) mass is 229 g/mol. The fraction of sp³-hybridized carbons (Fsp3) is 0.917. The van der Waals surface area contributed by atoms with Gasteiger partial charge in [0.25, 0.3) is 0 Å². The molecule has 1 amide bonds. The summed E-state index contributed by atoms with van der Waals surface area (Å²) in [7, 11) is 0. The Kier molecular flexibility index (Phi) is 4.19. The first-order valence-corrected chi connectivity index (χ1v) is 6.00. The van der Waals surface area contributed by atoms with Gasteiger partial charge in [-0.3, -0.25) is 5.21 Å². The molecular weight excluding hydrogens is 206 g/mol. The fourth-order valence-electron chi connectivity index (χ4n) is 2.08. The molecule has 2 unspecified atom stereocenters. The number of hydroxylamine groups is 2. The van der Waals surface area contributed by atoms with Crippen LogP contribution in [0.25, 0.3) is 0 Å². The number of rotatable bonds is 1. The van der Waals surface area contributed by atoms with Crippen LogP contribution in [0.1, 0.15) is 53.4 Å². The zero-order valence-corrected chi connectivity index (χ0v) is 10.7. The molecule has 1 saturated carbocycles. The van der Waals surface area contributed by atoms with Crippen molar-refractivity contribution in [2.45, 2.75) is 65.0 Å². The molecule has 1 aliphatic rings. The molecule has 0 aromatic heterocycles. The molecule has 1 N–H and O–H groups in total. The molecule has 2 atom stereocenters. The highest BCUT2D eigenvalue weighted by Gasteiger charge is 2.30. The Morgan fingerprint density at radius 1 is 1.38 bits per heavy atom. The molecule has 0 aromatic carbocycles. The van der Waals surface area contributed by atoms with E-state index in [1.165, 1.54) is 6.42 Å². The summed E-state index contributed by atoms with van der Waals surface area (Å²) >= 11 is 0. The SMILES string of the molecule is CC1CCCC(N(O)C(=O)OC(C)(C)C)C1. The van der Waals surface area contributed by atoms with Gasteiger partial charge in [0.15, 0.2) is 0 Å². The standard InChI is InChI=1S/C12H23NO3/c1-9-6-5-7-10(8-9)13(15)11(14)16-12(2,3)4/h9-10,15H,5-8H2,1-4H3. The van der Waals surface area contributed by atoms with Crippen LogP contribution >= 0.6 is 0 Å². The molecule has 16 heavy (non-hydrogen) atoms. The number of carbonyl (C=O) groups is 1. The fourth-order valence-corrected chi connectivity index (χ4v) is 2.08. The normalized spacial score (nSPS) is 26.3. The highest BCUT2D eigenvalue weighted by molar-refractivity contribution is 5.67. The molecule has 0 radical (unpaired) electrons. The number of carbonyl (C=O) groups excluding carboxylic acids is 1. The van der Waals surface area contributed by atoms with E-state index in [4.69, 9.17) is 4.74 Å². The van der Waals surface area contributed by atoms with Gasteiger partial charge >= 0.3 is 6.09 Å². The average molecular weight is 229 g/mol. The summed E-state index contributed by atoms with van der Waals surface area (Å²) in [6.45, 7) is 7.53. The number of nitrogens with zero attached hydrogens (tertiary/aromatic N) is 1. The lowest BCUT2D eigenvalue weighted by molar-refractivity contribution is -0.129. The van der Waals surface area contributed by atoms with E-state index in [9.17, 15) is 10.0 Å². The van der Waals surface area contributed by atoms with Crippen molar-refractivity contribution in [1.29, 1.82) is 0 Å². The lowest BCUT2D eigenvalue weighted by Crippen LogP contribution is -2.43. The number of hydrogen-bond acceptors (Lipinski definition) is 3. The third-order valence-corrected chi connectivity index (χ3v) is 2.84. The highest BCUT2D eigenvalue weighted by atomic mass is 16.6. The first kappa shape index (κ1) is 13.3. The number of ether oxygens (including phenoxy) is 1. The predicted molar refractivity (Wildman–Crippen MR) is 61.3 cm³/mol. The quantitative estimate of drug-likeness (QED) is 0.555. The average Bonchev–Trinajstić information content (AvgIpc) is 2.14. The van der Waals surface area contributed by atoms with Gasteiger partial charge in [-0.25, -0.2) is 4.79 Å². The molecule has 0 aliphatic heterocycles. The third kappa shape index (κ3) is 4.00. The largest absolute Gasteiger partial charge is 0.442 e. The van der Waals surface area contributed by atoms with Crippen LogP contribution in [-0.2, 0) is 4.74 Å². The van der Waals surface area contributed by atoms with Crippen LogP contribution in [0.5, 0.6) is 0 Å². The molecule has 0 saturated heterocycles. The smallest absolute Gasteiger partial charge is 0.434 e. The van der Waals surface area contributed by atoms with E-state index in [0.29, 0.717) is 5.92 Å². The maximum atomic E-state index is 11.6. The van der Waals surface area contributed by atoms with Crippen molar-refractivity contribution in [1.82, 2.24) is 5.06 Å². The molecule has 0 spiro atoms. The summed E-state index contributed by atoms with van der Waals surface area (Å²) in [6.07, 6.45) is 3.33. The number of hydrogen-bond donors (Lipinski definition) is 1. The minimum Gasteiger partial charge on any atom is -0.442 e. The van der Waals surface area contributed by atoms with E-state index in [2.05, 4.69) is 6.92 Å². The first-order valence-electron chi connectivity index (χ1n) is 6.00. The second kappa shape index (κ2) is 5.04. The minimum absolute atomic E-state index is 0.0846. The van der Waals surface area contributed by atoms with Crippen LogP contribution in [0, 0.1) is 5.92 Å². The Morgan fingerprint density at radius 2 is 2.00 bits per heavy atom. The van der Waals surface area contributed by atoms with Crippen molar-refractivity contribution in [2.75, 3.05) is 0 Å². The van der Waals surface area contributed by atoms with Gasteiger partial charge in [0.2, 0.25) is 0 Å². The topological polar surface area (TPSA) is 49.8 Å².